The molecule has 0 saturated carbocycles. The summed E-state index contributed by atoms with van der Waals surface area (Å²) in [6.07, 6.45) is -7.34. The van der Waals surface area contributed by atoms with Crippen molar-refractivity contribution >= 4 is 11.7 Å². The Balaban J connectivity index is 2.68. The van der Waals surface area contributed by atoms with Crippen LogP contribution < -0.4 is 5.32 Å². The number of anilines is 1. The summed E-state index contributed by atoms with van der Waals surface area (Å²) >= 11 is 0. The number of likely N-dealkylation sites (N-methyl/N-ethyl adjacent to an activating group) is 1. The van der Waals surface area contributed by atoms with Crippen molar-refractivity contribution in [1.29, 1.82) is 0 Å². The second-order valence-corrected chi connectivity index (χ2v) is 4.66. The zero-order valence-electron chi connectivity index (χ0n) is 12.4. The number of benzene rings is 1. The number of para-hydroxylation sites is 1. The number of hydrogen-bond acceptors (Lipinski definition) is 3. The first-order valence-corrected chi connectivity index (χ1v) is 6.68. The number of halogens is 3. The van der Waals surface area contributed by atoms with Gasteiger partial charge in [-0.25, -0.2) is 4.79 Å². The number of rotatable bonds is 6. The van der Waals surface area contributed by atoms with Crippen molar-refractivity contribution in [3.8, 4) is 0 Å². The van der Waals surface area contributed by atoms with E-state index in [2.05, 4.69) is 5.32 Å². The first kappa shape index (κ1) is 18.2. The maximum atomic E-state index is 12.3. The van der Waals surface area contributed by atoms with Crippen molar-refractivity contribution in [1.82, 2.24) is 4.90 Å². The van der Waals surface area contributed by atoms with Gasteiger partial charge < -0.3 is 20.1 Å². The minimum atomic E-state index is -4.76. The van der Waals surface area contributed by atoms with Crippen LogP contribution >= 0.6 is 0 Å². The van der Waals surface area contributed by atoms with Gasteiger partial charge in [-0.3, -0.25) is 0 Å². The molecule has 0 fully saturated rings. The monoisotopic (exact) mass is 320 g/mol. The number of alkyl halides is 3. The summed E-state index contributed by atoms with van der Waals surface area (Å²) in [6, 6.07) is 6.08. The molecule has 0 radical (unpaired) electrons. The second-order valence-electron chi connectivity index (χ2n) is 4.66. The molecule has 0 bridgehead atoms. The summed E-state index contributed by atoms with van der Waals surface area (Å²) in [7, 11) is 1.18. The largest absolute Gasteiger partial charge is 0.416 e. The van der Waals surface area contributed by atoms with E-state index < -0.39 is 24.9 Å². The fourth-order valence-corrected chi connectivity index (χ4v) is 1.64. The Morgan fingerprint density at radius 2 is 2.05 bits per heavy atom. The molecule has 0 aliphatic rings. The molecule has 0 aliphatic heterocycles. The van der Waals surface area contributed by atoms with E-state index in [-0.39, 0.29) is 6.61 Å². The van der Waals surface area contributed by atoms with Crippen LogP contribution in [-0.4, -0.2) is 48.5 Å². The summed E-state index contributed by atoms with van der Waals surface area (Å²) in [6.45, 7) is 1.76. The third-order valence-electron chi connectivity index (χ3n) is 2.89. The van der Waals surface area contributed by atoms with Crippen LogP contribution in [0.25, 0.3) is 0 Å². The minimum Gasteiger partial charge on any atom is -0.382 e. The average Bonchev–Trinajstić information content (AvgIpc) is 2.45. The molecule has 2 amide bonds. The zero-order chi connectivity index (χ0) is 16.8. The molecule has 0 heterocycles. The highest BCUT2D eigenvalue weighted by atomic mass is 19.4. The molecule has 5 nitrogen and oxygen atoms in total. The lowest BCUT2D eigenvalue weighted by atomic mass is 10.2. The summed E-state index contributed by atoms with van der Waals surface area (Å²) in [5.41, 5.74) is 1.16. The van der Waals surface area contributed by atoms with Crippen LogP contribution in [0.3, 0.4) is 0 Å². The van der Waals surface area contributed by atoms with Crippen LogP contribution in [0, 0.1) is 0 Å². The van der Waals surface area contributed by atoms with Gasteiger partial charge in [-0.2, -0.15) is 13.2 Å². The van der Waals surface area contributed by atoms with Crippen LogP contribution in [0.15, 0.2) is 24.3 Å². The normalized spacial score (nSPS) is 12.8. The van der Waals surface area contributed by atoms with E-state index in [1.165, 1.54) is 7.05 Å². The second kappa shape index (κ2) is 8.00. The molecule has 1 atom stereocenters. The number of nitrogens with one attached hydrogen (secondary N) is 1. The van der Waals surface area contributed by atoms with Crippen molar-refractivity contribution in [2.45, 2.75) is 25.8 Å². The van der Waals surface area contributed by atoms with E-state index in [9.17, 15) is 18.0 Å². The Hall–Kier alpha value is -1.80. The number of carbonyl (C=O) groups is 1. The smallest absolute Gasteiger partial charge is 0.382 e. The SMILES string of the molecule is CCOCc1ccccc1NC(=O)N(C)CC(O)C(F)(F)F. The molecule has 2 N–H and O–H groups in total. The van der Waals surface area contributed by atoms with Gasteiger partial charge in [-0.05, 0) is 13.0 Å². The number of carbonyl (C=O) groups excluding carboxylic acids is 1. The van der Waals surface area contributed by atoms with Crippen molar-refractivity contribution in [3.05, 3.63) is 29.8 Å². The predicted octanol–water partition coefficient (Wildman–Crippen LogP) is 2.61. The molecule has 1 aromatic carbocycles. The van der Waals surface area contributed by atoms with Crippen molar-refractivity contribution in [2.75, 3.05) is 25.5 Å². The third-order valence-corrected chi connectivity index (χ3v) is 2.89. The molecule has 1 aromatic rings. The van der Waals surface area contributed by atoms with Gasteiger partial charge >= 0.3 is 12.2 Å². The number of urea groups is 1. The van der Waals surface area contributed by atoms with E-state index in [1.54, 1.807) is 24.3 Å². The van der Waals surface area contributed by atoms with Gasteiger partial charge in [0.25, 0.3) is 0 Å². The van der Waals surface area contributed by atoms with Crippen molar-refractivity contribution in [3.63, 3.8) is 0 Å². The fourth-order valence-electron chi connectivity index (χ4n) is 1.64. The number of ether oxygens (including phenoxy) is 1. The molecule has 22 heavy (non-hydrogen) atoms. The summed E-state index contributed by atoms with van der Waals surface area (Å²) in [4.78, 5) is 12.7. The molecule has 8 heteroatoms. The Morgan fingerprint density at radius 3 is 2.64 bits per heavy atom. The molecule has 0 saturated heterocycles. The summed E-state index contributed by atoms with van der Waals surface area (Å²) < 4.78 is 42.1. The first-order valence-electron chi connectivity index (χ1n) is 6.68. The molecular formula is C14H19F3N2O3. The third kappa shape index (κ3) is 5.53. The molecular weight excluding hydrogens is 301 g/mol. The van der Waals surface area contributed by atoms with Gasteiger partial charge in [-0.15, -0.1) is 0 Å². The highest BCUT2D eigenvalue weighted by Crippen LogP contribution is 2.21. The lowest BCUT2D eigenvalue weighted by Crippen LogP contribution is -2.43. The lowest BCUT2D eigenvalue weighted by molar-refractivity contribution is -0.205. The van der Waals surface area contributed by atoms with Gasteiger partial charge in [0.05, 0.1) is 13.2 Å². The molecule has 1 unspecified atom stereocenters. The first-order chi connectivity index (χ1) is 10.3. The van der Waals surface area contributed by atoms with Crippen LogP contribution in [0.1, 0.15) is 12.5 Å². The van der Waals surface area contributed by atoms with E-state index in [0.717, 1.165) is 4.90 Å². The van der Waals surface area contributed by atoms with Gasteiger partial charge in [0, 0.05) is 24.9 Å². The Labute approximate surface area is 126 Å². The number of amides is 2. The minimum absolute atomic E-state index is 0.280. The molecule has 0 aromatic heterocycles. The van der Waals surface area contributed by atoms with Crippen LogP contribution in [0.2, 0.25) is 0 Å². The van der Waals surface area contributed by atoms with Gasteiger partial charge in [0.2, 0.25) is 0 Å². The van der Waals surface area contributed by atoms with Crippen molar-refractivity contribution < 1.29 is 27.8 Å². The average molecular weight is 320 g/mol. The summed E-state index contributed by atoms with van der Waals surface area (Å²) in [5.74, 6) is 0. The quantitative estimate of drug-likeness (QED) is 0.847. The molecule has 0 aliphatic carbocycles. The number of aliphatic hydroxyl groups is 1. The van der Waals surface area contributed by atoms with Gasteiger partial charge in [0.1, 0.15) is 0 Å². The maximum Gasteiger partial charge on any atom is 0.416 e. The Bertz CT molecular complexity index is 494. The predicted molar refractivity (Wildman–Crippen MR) is 75.5 cm³/mol. The highest BCUT2D eigenvalue weighted by Gasteiger charge is 2.39. The van der Waals surface area contributed by atoms with E-state index in [0.29, 0.717) is 17.9 Å². The topological polar surface area (TPSA) is 61.8 Å². The molecule has 1 rings (SSSR count). The Kier molecular flexibility index (Phi) is 6.63. The van der Waals surface area contributed by atoms with E-state index >= 15 is 0 Å². The number of hydrogen-bond donors (Lipinski definition) is 2. The highest BCUT2D eigenvalue weighted by molar-refractivity contribution is 5.90. The number of aliphatic hydroxyl groups excluding tert-OH is 1. The summed E-state index contributed by atoms with van der Waals surface area (Å²) in [5, 5.41) is 11.5. The fraction of sp³-hybridized carbons (Fsp3) is 0.500. The Morgan fingerprint density at radius 1 is 1.41 bits per heavy atom. The van der Waals surface area contributed by atoms with E-state index in [4.69, 9.17) is 9.84 Å². The number of nitrogens with zero attached hydrogens (tertiary/aromatic N) is 1. The molecule has 0 spiro atoms. The van der Waals surface area contributed by atoms with Gasteiger partial charge in [-0.1, -0.05) is 18.2 Å². The lowest BCUT2D eigenvalue weighted by Gasteiger charge is -2.23. The molecule has 124 valence electrons. The van der Waals surface area contributed by atoms with Crippen LogP contribution in [-0.2, 0) is 11.3 Å². The van der Waals surface area contributed by atoms with E-state index in [1.807, 2.05) is 6.92 Å². The zero-order valence-corrected chi connectivity index (χ0v) is 12.4. The maximum absolute atomic E-state index is 12.3. The standard InChI is InChI=1S/C14H19F3N2O3/c1-3-22-9-10-6-4-5-7-11(10)18-13(21)19(2)8-12(20)14(15,16)17/h4-7,12,20H,3,8-9H2,1-2H3,(H,18,21). The van der Waals surface area contributed by atoms with Crippen LogP contribution in [0.4, 0.5) is 23.7 Å². The van der Waals surface area contributed by atoms with Gasteiger partial charge in [0.15, 0.2) is 6.10 Å². The van der Waals surface area contributed by atoms with Crippen molar-refractivity contribution in [2.24, 2.45) is 0 Å². The van der Waals surface area contributed by atoms with Crippen LogP contribution in [0.5, 0.6) is 0 Å².